The van der Waals surface area contributed by atoms with E-state index in [1.54, 1.807) is 6.20 Å². The maximum Gasteiger partial charge on any atom is 0.125 e. The van der Waals surface area contributed by atoms with Crippen molar-refractivity contribution in [2.24, 2.45) is 0 Å². The summed E-state index contributed by atoms with van der Waals surface area (Å²) < 4.78 is 8.07. The van der Waals surface area contributed by atoms with E-state index in [9.17, 15) is 0 Å². The van der Waals surface area contributed by atoms with Crippen LogP contribution in [0.2, 0.25) is 0 Å². The summed E-state index contributed by atoms with van der Waals surface area (Å²) in [6.45, 7) is 15.8. The number of imidazole rings is 1. The van der Waals surface area contributed by atoms with Gasteiger partial charge in [-0.15, -0.1) is 0 Å². The number of nitrogens with zero attached hydrogens (tertiary/aromatic N) is 4. The Bertz CT molecular complexity index is 610. The molecule has 0 bridgehead atoms. The van der Waals surface area contributed by atoms with Gasteiger partial charge in [-0.2, -0.15) is 0 Å². The molecule has 0 radical (unpaired) electrons. The van der Waals surface area contributed by atoms with E-state index in [2.05, 4.69) is 40.3 Å². The van der Waals surface area contributed by atoms with Crippen molar-refractivity contribution in [2.45, 2.75) is 80.1 Å². The Labute approximate surface area is 146 Å². The van der Waals surface area contributed by atoms with Crippen molar-refractivity contribution in [3.8, 4) is 0 Å². The molecule has 0 aliphatic carbocycles. The molecule has 0 fully saturated rings. The maximum atomic E-state index is 6.01. The lowest BCUT2D eigenvalue weighted by Gasteiger charge is -2.24. The van der Waals surface area contributed by atoms with E-state index in [0.29, 0.717) is 6.61 Å². The van der Waals surface area contributed by atoms with Crippen molar-refractivity contribution < 1.29 is 4.74 Å². The van der Waals surface area contributed by atoms with Crippen LogP contribution >= 0.6 is 0 Å². The minimum atomic E-state index is -0.321. The van der Waals surface area contributed by atoms with Crippen LogP contribution in [0.5, 0.6) is 0 Å². The minimum absolute atomic E-state index is 0.321. The fourth-order valence-corrected chi connectivity index (χ4v) is 2.60. The lowest BCUT2D eigenvalue weighted by atomic mass is 9.95. The molecule has 0 saturated carbocycles. The van der Waals surface area contributed by atoms with Gasteiger partial charge in [0.05, 0.1) is 18.6 Å². The molecule has 5 heteroatoms. The monoisotopic (exact) mass is 332 g/mol. The largest absolute Gasteiger partial charge is 0.364 e. The predicted octanol–water partition coefficient (Wildman–Crippen LogP) is 4.57. The first-order chi connectivity index (χ1) is 11.5. The van der Waals surface area contributed by atoms with Gasteiger partial charge in [-0.25, -0.2) is 15.0 Å². The summed E-state index contributed by atoms with van der Waals surface area (Å²) in [6.07, 6.45) is 7.72. The number of rotatable bonds is 3. The summed E-state index contributed by atoms with van der Waals surface area (Å²) >= 11 is 0. The topological polar surface area (TPSA) is 52.8 Å². The van der Waals surface area contributed by atoms with Crippen molar-refractivity contribution in [1.29, 1.82) is 0 Å². The fourth-order valence-electron chi connectivity index (χ4n) is 2.60. The van der Waals surface area contributed by atoms with Gasteiger partial charge in [0.2, 0.25) is 0 Å². The highest BCUT2D eigenvalue weighted by Gasteiger charge is 2.38. The van der Waals surface area contributed by atoms with E-state index in [0.717, 1.165) is 35.7 Å². The zero-order valence-corrected chi connectivity index (χ0v) is 16.3. The molecular weight excluding hydrogens is 300 g/mol. The molecular formula is C19H32N4O. The molecule has 0 aromatic carbocycles. The lowest BCUT2D eigenvalue weighted by molar-refractivity contribution is -0.0346. The van der Waals surface area contributed by atoms with Crippen molar-refractivity contribution >= 4 is 0 Å². The summed E-state index contributed by atoms with van der Waals surface area (Å²) in [4.78, 5) is 13.1. The fraction of sp³-hybridized carbons (Fsp3) is 0.632. The van der Waals surface area contributed by atoms with Gasteiger partial charge in [-0.3, -0.25) is 0 Å². The molecule has 0 amide bonds. The molecule has 3 rings (SSSR count). The zero-order valence-electron chi connectivity index (χ0n) is 16.3. The molecule has 3 heterocycles. The van der Waals surface area contributed by atoms with Gasteiger partial charge >= 0.3 is 0 Å². The molecule has 0 N–H and O–H groups in total. The lowest BCUT2D eigenvalue weighted by Crippen LogP contribution is -2.24. The van der Waals surface area contributed by atoms with E-state index in [1.165, 1.54) is 6.42 Å². The summed E-state index contributed by atoms with van der Waals surface area (Å²) in [5, 5.41) is 0. The predicted molar refractivity (Wildman–Crippen MR) is 97.8 cm³/mol. The molecule has 1 aliphatic heterocycles. The third-order valence-corrected chi connectivity index (χ3v) is 3.77. The Morgan fingerprint density at radius 2 is 1.88 bits per heavy atom. The van der Waals surface area contributed by atoms with Crippen LogP contribution in [-0.2, 0) is 23.5 Å². The van der Waals surface area contributed by atoms with Gasteiger partial charge in [-0.05, 0) is 27.2 Å². The van der Waals surface area contributed by atoms with E-state index in [1.807, 2.05) is 40.2 Å². The molecule has 2 aromatic rings. The Hall–Kier alpha value is -1.75. The SMILES string of the molecule is CC.CCC.Cc1nc(C)c2c(n1)C(C)(CCn1ccnc1)OC2. The van der Waals surface area contributed by atoms with Crippen LogP contribution < -0.4 is 0 Å². The number of ether oxygens (including phenoxy) is 1. The highest BCUT2D eigenvalue weighted by molar-refractivity contribution is 5.32. The van der Waals surface area contributed by atoms with Crippen LogP contribution in [0.25, 0.3) is 0 Å². The third kappa shape index (κ3) is 4.87. The molecule has 1 aliphatic rings. The summed E-state index contributed by atoms with van der Waals surface area (Å²) in [6, 6.07) is 0. The molecule has 1 unspecified atom stereocenters. The standard InChI is InChI=1S/C14H18N4O.C3H8.C2H6/c1-10-12-8-19-14(3,13(12)17-11(2)16-10)4-6-18-7-5-15-9-18;1-3-2;1-2/h5,7,9H,4,6,8H2,1-3H3;3H2,1-2H3;1-2H3. The third-order valence-electron chi connectivity index (χ3n) is 3.77. The van der Waals surface area contributed by atoms with Crippen LogP contribution in [0.4, 0.5) is 0 Å². The van der Waals surface area contributed by atoms with Crippen LogP contribution in [-0.4, -0.2) is 19.5 Å². The highest BCUT2D eigenvalue weighted by atomic mass is 16.5. The number of aryl methyl sites for hydroxylation is 3. The second-order valence-corrected chi connectivity index (χ2v) is 5.96. The quantitative estimate of drug-likeness (QED) is 0.826. The summed E-state index contributed by atoms with van der Waals surface area (Å²) in [7, 11) is 0. The molecule has 0 spiro atoms. The summed E-state index contributed by atoms with van der Waals surface area (Å²) in [5.41, 5.74) is 2.92. The maximum absolute atomic E-state index is 6.01. The summed E-state index contributed by atoms with van der Waals surface area (Å²) in [5.74, 6) is 0.815. The van der Waals surface area contributed by atoms with Gasteiger partial charge in [0.15, 0.2) is 0 Å². The second-order valence-electron chi connectivity index (χ2n) is 5.96. The van der Waals surface area contributed by atoms with E-state index in [4.69, 9.17) is 4.74 Å². The molecule has 5 nitrogen and oxygen atoms in total. The number of hydrogen-bond acceptors (Lipinski definition) is 4. The van der Waals surface area contributed by atoms with Crippen molar-refractivity contribution in [3.63, 3.8) is 0 Å². The van der Waals surface area contributed by atoms with Gasteiger partial charge in [0.1, 0.15) is 11.4 Å². The molecule has 0 saturated heterocycles. The zero-order chi connectivity index (χ0) is 18.2. The van der Waals surface area contributed by atoms with Gasteiger partial charge in [0.25, 0.3) is 0 Å². The van der Waals surface area contributed by atoms with E-state index >= 15 is 0 Å². The number of aromatic nitrogens is 4. The first-order valence-corrected chi connectivity index (χ1v) is 8.94. The van der Waals surface area contributed by atoms with Crippen molar-refractivity contribution in [1.82, 2.24) is 19.5 Å². The minimum Gasteiger partial charge on any atom is -0.364 e. The first-order valence-electron chi connectivity index (χ1n) is 8.94. The average molecular weight is 332 g/mol. The average Bonchev–Trinajstić information content (AvgIpc) is 3.18. The van der Waals surface area contributed by atoms with Crippen LogP contribution in [0.1, 0.15) is 70.2 Å². The number of fused-ring (bicyclic) bond motifs is 1. The van der Waals surface area contributed by atoms with E-state index < -0.39 is 0 Å². The second kappa shape index (κ2) is 9.52. The smallest absolute Gasteiger partial charge is 0.125 e. The molecule has 1 atom stereocenters. The van der Waals surface area contributed by atoms with E-state index in [-0.39, 0.29) is 5.60 Å². The highest BCUT2D eigenvalue weighted by Crippen LogP contribution is 2.38. The van der Waals surface area contributed by atoms with Crippen LogP contribution in [0.15, 0.2) is 18.7 Å². The van der Waals surface area contributed by atoms with Crippen molar-refractivity contribution in [2.75, 3.05) is 0 Å². The Balaban J connectivity index is 0.000000521. The Kier molecular flexibility index (Phi) is 8.05. The van der Waals surface area contributed by atoms with Gasteiger partial charge in [-0.1, -0.05) is 34.1 Å². The van der Waals surface area contributed by atoms with Crippen LogP contribution in [0.3, 0.4) is 0 Å². The van der Waals surface area contributed by atoms with Gasteiger partial charge in [0, 0.05) is 30.2 Å². The van der Waals surface area contributed by atoms with Gasteiger partial charge < -0.3 is 9.30 Å². The molecule has 24 heavy (non-hydrogen) atoms. The molecule has 134 valence electrons. The normalized spacial score (nSPS) is 18.1. The first kappa shape index (κ1) is 20.3. The molecule has 2 aromatic heterocycles. The van der Waals surface area contributed by atoms with Crippen LogP contribution in [0, 0.1) is 13.8 Å². The Morgan fingerprint density at radius 1 is 1.21 bits per heavy atom. The number of hydrogen-bond donors (Lipinski definition) is 0. The Morgan fingerprint density at radius 3 is 2.46 bits per heavy atom. The van der Waals surface area contributed by atoms with Crippen molar-refractivity contribution in [3.05, 3.63) is 41.5 Å².